The van der Waals surface area contributed by atoms with Crippen LogP contribution in [0.15, 0.2) is 0 Å². The summed E-state index contributed by atoms with van der Waals surface area (Å²) in [5, 5.41) is 3.58. The third-order valence-corrected chi connectivity index (χ3v) is 7.04. The Morgan fingerprint density at radius 2 is 1.60 bits per heavy atom. The summed E-state index contributed by atoms with van der Waals surface area (Å²) in [6.45, 7) is 2.38. The molecule has 2 atom stereocenters. The highest BCUT2D eigenvalue weighted by molar-refractivity contribution is 7.91. The van der Waals surface area contributed by atoms with E-state index < -0.39 is 9.84 Å². The lowest BCUT2D eigenvalue weighted by Gasteiger charge is -2.39. The van der Waals surface area contributed by atoms with E-state index in [0.29, 0.717) is 18.3 Å². The first kappa shape index (κ1) is 16.3. The van der Waals surface area contributed by atoms with Crippen molar-refractivity contribution in [1.82, 2.24) is 5.32 Å². The minimum atomic E-state index is -2.83. The van der Waals surface area contributed by atoms with Crippen molar-refractivity contribution in [3.05, 3.63) is 0 Å². The van der Waals surface area contributed by atoms with Crippen molar-refractivity contribution in [2.75, 3.05) is 18.1 Å². The van der Waals surface area contributed by atoms with E-state index in [-0.39, 0.29) is 5.75 Å². The Labute approximate surface area is 124 Å². The normalized spacial score (nSPS) is 29.4. The molecule has 2 aliphatic rings. The summed E-state index contributed by atoms with van der Waals surface area (Å²) in [6.07, 6.45) is 12.3. The minimum Gasteiger partial charge on any atom is -0.313 e. The third-order valence-electron chi connectivity index (χ3n) is 5.33. The van der Waals surface area contributed by atoms with Gasteiger partial charge in [-0.15, -0.1) is 0 Å². The Bertz CT molecular complexity index is 374. The molecule has 4 heteroatoms. The van der Waals surface area contributed by atoms with Gasteiger partial charge in [-0.3, -0.25) is 0 Å². The fourth-order valence-corrected chi connectivity index (χ4v) is 4.80. The Morgan fingerprint density at radius 1 is 0.950 bits per heavy atom. The zero-order chi connectivity index (χ0) is 14.4. The molecule has 2 unspecified atom stereocenters. The molecule has 0 radical (unpaired) electrons. The van der Waals surface area contributed by atoms with Gasteiger partial charge in [0.1, 0.15) is 0 Å². The minimum absolute atomic E-state index is 0.269. The van der Waals surface area contributed by atoms with Crippen LogP contribution in [0.25, 0.3) is 0 Å². The van der Waals surface area contributed by atoms with E-state index in [1.165, 1.54) is 57.8 Å². The van der Waals surface area contributed by atoms with Crippen molar-refractivity contribution < 1.29 is 8.42 Å². The van der Waals surface area contributed by atoms with E-state index in [2.05, 4.69) is 5.32 Å². The van der Waals surface area contributed by atoms with Gasteiger partial charge in [0.05, 0.1) is 5.75 Å². The lowest BCUT2D eigenvalue weighted by Crippen LogP contribution is -2.44. The number of hydrogen-bond acceptors (Lipinski definition) is 3. The highest BCUT2D eigenvalue weighted by Crippen LogP contribution is 2.38. The van der Waals surface area contributed by atoms with Crippen molar-refractivity contribution in [2.45, 2.75) is 70.8 Å². The van der Waals surface area contributed by atoms with Crippen LogP contribution in [-0.4, -0.2) is 32.5 Å². The molecule has 2 fully saturated rings. The summed E-state index contributed by atoms with van der Waals surface area (Å²) in [5.74, 6) is 2.26. The quantitative estimate of drug-likeness (QED) is 0.820. The number of rotatable bonds is 6. The van der Waals surface area contributed by atoms with E-state index >= 15 is 0 Å². The van der Waals surface area contributed by atoms with Gasteiger partial charge in [-0.1, -0.05) is 51.9 Å². The fraction of sp³-hybridized carbons (Fsp3) is 1.00. The molecule has 0 aliphatic heterocycles. The Kier molecular flexibility index (Phi) is 6.34. The molecule has 0 aromatic carbocycles. The Balaban J connectivity index is 1.83. The Morgan fingerprint density at radius 3 is 2.30 bits per heavy atom. The second kappa shape index (κ2) is 7.79. The van der Waals surface area contributed by atoms with Crippen molar-refractivity contribution in [1.29, 1.82) is 0 Å². The van der Waals surface area contributed by atoms with Gasteiger partial charge in [-0.2, -0.15) is 0 Å². The van der Waals surface area contributed by atoms with Crippen LogP contribution in [-0.2, 0) is 9.84 Å². The summed E-state index contributed by atoms with van der Waals surface area (Å²) in [4.78, 5) is 0. The molecule has 118 valence electrons. The molecule has 0 amide bonds. The lowest BCUT2D eigenvalue weighted by atomic mass is 9.71. The molecule has 0 aromatic rings. The van der Waals surface area contributed by atoms with Gasteiger partial charge in [-0.25, -0.2) is 8.42 Å². The van der Waals surface area contributed by atoms with Crippen LogP contribution in [0.3, 0.4) is 0 Å². The molecular weight excluding hydrogens is 270 g/mol. The lowest BCUT2D eigenvalue weighted by molar-refractivity contribution is 0.151. The van der Waals surface area contributed by atoms with Crippen molar-refractivity contribution in [2.24, 2.45) is 11.8 Å². The molecule has 0 aromatic heterocycles. The molecule has 2 saturated carbocycles. The standard InChI is InChI=1S/C16H31NO2S/c1-2-20(18,19)13-12-17-16-11-7-6-10-15(16)14-8-4-3-5-9-14/h14-17H,2-13H2,1H3. The Hall–Kier alpha value is -0.0900. The van der Waals surface area contributed by atoms with Crippen LogP contribution in [0.2, 0.25) is 0 Å². The number of hydrogen-bond donors (Lipinski definition) is 1. The largest absolute Gasteiger partial charge is 0.313 e. The van der Waals surface area contributed by atoms with Gasteiger partial charge >= 0.3 is 0 Å². The predicted molar refractivity (Wildman–Crippen MR) is 84.7 cm³/mol. The predicted octanol–water partition coefficient (Wildman–Crippen LogP) is 3.15. The zero-order valence-corrected chi connectivity index (χ0v) is 13.8. The van der Waals surface area contributed by atoms with E-state index in [1.807, 2.05) is 0 Å². The summed E-state index contributed by atoms with van der Waals surface area (Å²) >= 11 is 0. The highest BCUT2D eigenvalue weighted by Gasteiger charge is 2.32. The first-order valence-electron chi connectivity index (χ1n) is 8.56. The van der Waals surface area contributed by atoms with E-state index in [0.717, 1.165) is 11.8 Å². The maximum atomic E-state index is 11.6. The van der Waals surface area contributed by atoms with E-state index in [4.69, 9.17) is 0 Å². The number of nitrogens with one attached hydrogen (secondary N) is 1. The summed E-state index contributed by atoms with van der Waals surface area (Å²) < 4.78 is 23.2. The first-order chi connectivity index (χ1) is 9.62. The van der Waals surface area contributed by atoms with Gasteiger partial charge in [-0.05, 0) is 24.7 Å². The monoisotopic (exact) mass is 301 g/mol. The third kappa shape index (κ3) is 4.73. The van der Waals surface area contributed by atoms with Crippen LogP contribution in [0.4, 0.5) is 0 Å². The van der Waals surface area contributed by atoms with Crippen LogP contribution >= 0.6 is 0 Å². The molecule has 0 spiro atoms. The average Bonchev–Trinajstić information content (AvgIpc) is 2.48. The van der Waals surface area contributed by atoms with Crippen LogP contribution in [0.5, 0.6) is 0 Å². The topological polar surface area (TPSA) is 46.2 Å². The van der Waals surface area contributed by atoms with Crippen LogP contribution < -0.4 is 5.32 Å². The first-order valence-corrected chi connectivity index (χ1v) is 10.4. The fourth-order valence-electron chi connectivity index (χ4n) is 4.08. The van der Waals surface area contributed by atoms with Crippen LogP contribution in [0.1, 0.15) is 64.7 Å². The highest BCUT2D eigenvalue weighted by atomic mass is 32.2. The molecule has 0 heterocycles. The van der Waals surface area contributed by atoms with Crippen molar-refractivity contribution in [3.63, 3.8) is 0 Å². The molecular formula is C16H31NO2S. The average molecular weight is 301 g/mol. The molecule has 0 bridgehead atoms. The van der Waals surface area contributed by atoms with Gasteiger partial charge in [0.25, 0.3) is 0 Å². The van der Waals surface area contributed by atoms with Crippen molar-refractivity contribution in [3.8, 4) is 0 Å². The molecule has 20 heavy (non-hydrogen) atoms. The molecule has 0 saturated heterocycles. The smallest absolute Gasteiger partial charge is 0.151 e. The zero-order valence-electron chi connectivity index (χ0n) is 12.9. The van der Waals surface area contributed by atoms with Gasteiger partial charge in [0.2, 0.25) is 0 Å². The second-order valence-corrected chi connectivity index (χ2v) is 9.12. The van der Waals surface area contributed by atoms with Gasteiger partial charge in [0, 0.05) is 18.3 Å². The summed E-state index contributed by atoms with van der Waals surface area (Å²) in [6, 6.07) is 0.568. The molecule has 3 nitrogen and oxygen atoms in total. The summed E-state index contributed by atoms with van der Waals surface area (Å²) in [7, 11) is -2.83. The second-order valence-electron chi connectivity index (χ2n) is 6.64. The van der Waals surface area contributed by atoms with Gasteiger partial charge < -0.3 is 5.32 Å². The maximum Gasteiger partial charge on any atom is 0.151 e. The van der Waals surface area contributed by atoms with Gasteiger partial charge in [0.15, 0.2) is 9.84 Å². The maximum absolute atomic E-state index is 11.6. The number of sulfone groups is 1. The molecule has 2 rings (SSSR count). The molecule has 2 aliphatic carbocycles. The van der Waals surface area contributed by atoms with Crippen molar-refractivity contribution >= 4 is 9.84 Å². The SMILES string of the molecule is CCS(=O)(=O)CCNC1CCCCC1C1CCCCC1. The van der Waals surface area contributed by atoms with Crippen LogP contribution in [0, 0.1) is 11.8 Å². The molecule has 1 N–H and O–H groups in total. The van der Waals surface area contributed by atoms with E-state index in [9.17, 15) is 8.42 Å². The summed E-state index contributed by atoms with van der Waals surface area (Å²) in [5.41, 5.74) is 0. The van der Waals surface area contributed by atoms with E-state index in [1.54, 1.807) is 6.92 Å².